The molecular weight excluding hydrogens is 448 g/mol. The van der Waals surface area contributed by atoms with Crippen molar-refractivity contribution >= 4 is 0 Å². The molecule has 3 aliphatic rings. The van der Waals surface area contributed by atoms with Gasteiger partial charge in [0.1, 0.15) is 0 Å². The molecular formula is C32H54O4. The van der Waals surface area contributed by atoms with Crippen LogP contribution >= 0.6 is 0 Å². The number of allylic oxidation sites excluding steroid dienone is 3. The second kappa shape index (κ2) is 12.3. The average Bonchev–Trinajstić information content (AvgIpc) is 3.13. The molecule has 0 amide bonds. The zero-order valence-electron chi connectivity index (χ0n) is 23.7. The van der Waals surface area contributed by atoms with Gasteiger partial charge in [-0.1, -0.05) is 51.0 Å². The molecule has 8 atom stereocenters. The summed E-state index contributed by atoms with van der Waals surface area (Å²) in [6, 6.07) is 0. The van der Waals surface area contributed by atoms with Gasteiger partial charge >= 0.3 is 0 Å². The third-order valence-corrected chi connectivity index (χ3v) is 10.1. The first-order valence-electron chi connectivity index (χ1n) is 14.7. The Morgan fingerprint density at radius 3 is 2.50 bits per heavy atom. The molecule has 0 bridgehead atoms. The molecule has 3 fully saturated rings. The SMILES string of the molecule is C=C1/C(=C\C=C2/CCC[C@@]3(C)C2CCC3[C@@H](CCCC(C)(C)O)CCC(C)C(C)O)CC(O)C[C@@H]1O. The first-order valence-corrected chi connectivity index (χ1v) is 14.7. The lowest BCUT2D eigenvalue weighted by molar-refractivity contribution is 0.0524. The smallest absolute Gasteiger partial charge is 0.0811 e. The summed E-state index contributed by atoms with van der Waals surface area (Å²) in [7, 11) is 0. The van der Waals surface area contributed by atoms with Crippen LogP contribution in [0.1, 0.15) is 112 Å². The third-order valence-electron chi connectivity index (χ3n) is 10.1. The van der Waals surface area contributed by atoms with Gasteiger partial charge in [-0.15, -0.1) is 0 Å². The van der Waals surface area contributed by atoms with Crippen LogP contribution in [0.5, 0.6) is 0 Å². The molecule has 3 aliphatic carbocycles. The van der Waals surface area contributed by atoms with Gasteiger partial charge < -0.3 is 20.4 Å². The van der Waals surface area contributed by atoms with Crippen molar-refractivity contribution in [2.75, 3.05) is 0 Å². The lowest BCUT2D eigenvalue weighted by atomic mass is 9.59. The Hall–Kier alpha value is -0.940. The van der Waals surface area contributed by atoms with Gasteiger partial charge in [0.25, 0.3) is 0 Å². The molecule has 36 heavy (non-hydrogen) atoms. The predicted molar refractivity (Wildman–Crippen MR) is 148 cm³/mol. The maximum atomic E-state index is 10.3. The maximum Gasteiger partial charge on any atom is 0.0811 e. The average molecular weight is 503 g/mol. The number of aliphatic hydroxyl groups is 4. The van der Waals surface area contributed by atoms with Gasteiger partial charge in [0.2, 0.25) is 0 Å². The molecule has 4 heteroatoms. The normalized spacial score (nSPS) is 36.2. The van der Waals surface area contributed by atoms with Gasteiger partial charge in [0.15, 0.2) is 0 Å². The second-order valence-corrected chi connectivity index (χ2v) is 13.4. The van der Waals surface area contributed by atoms with Gasteiger partial charge in [0, 0.05) is 6.42 Å². The molecule has 0 aliphatic heterocycles. The highest BCUT2D eigenvalue weighted by Gasteiger charge is 2.51. The summed E-state index contributed by atoms with van der Waals surface area (Å²) in [5, 5.41) is 40.8. The van der Waals surface area contributed by atoms with Crippen LogP contribution in [-0.2, 0) is 0 Å². The minimum atomic E-state index is -0.639. The van der Waals surface area contributed by atoms with Crippen LogP contribution < -0.4 is 0 Å². The summed E-state index contributed by atoms with van der Waals surface area (Å²) in [6.45, 7) is 14.5. The number of aliphatic hydroxyl groups excluding tert-OH is 3. The summed E-state index contributed by atoms with van der Waals surface area (Å²) >= 11 is 0. The van der Waals surface area contributed by atoms with E-state index in [1.54, 1.807) is 0 Å². The Bertz CT molecular complexity index is 803. The van der Waals surface area contributed by atoms with Crippen molar-refractivity contribution in [3.63, 3.8) is 0 Å². The Labute approximate surface area is 220 Å². The number of rotatable bonds is 10. The topological polar surface area (TPSA) is 80.9 Å². The fourth-order valence-electron chi connectivity index (χ4n) is 7.58. The van der Waals surface area contributed by atoms with Crippen molar-refractivity contribution in [1.29, 1.82) is 0 Å². The van der Waals surface area contributed by atoms with E-state index < -0.39 is 17.8 Å². The van der Waals surface area contributed by atoms with Crippen molar-refractivity contribution in [2.24, 2.45) is 29.1 Å². The van der Waals surface area contributed by atoms with E-state index in [2.05, 4.69) is 32.6 Å². The van der Waals surface area contributed by atoms with Crippen molar-refractivity contribution in [2.45, 2.75) is 136 Å². The molecule has 3 rings (SSSR count). The first kappa shape index (κ1) is 29.6. The number of hydrogen-bond donors (Lipinski definition) is 4. The van der Waals surface area contributed by atoms with E-state index in [4.69, 9.17) is 0 Å². The standard InChI is InChI=1S/C32H54O4/c1-21(23(3)33)11-12-24(9-7-17-31(4,5)36)28-15-16-29-25(10-8-18-32(28,29)6)13-14-26-19-27(34)20-30(35)22(26)2/h13-14,21,23-24,27-30,33-36H,2,7-12,15-20H2,1,3-6H3/b25-13+,26-14-/t21?,23?,24-,27?,28?,29?,30-,32+/m0/s1. The van der Waals surface area contributed by atoms with Crippen LogP contribution in [0.3, 0.4) is 0 Å². The highest BCUT2D eigenvalue weighted by atomic mass is 16.3. The summed E-state index contributed by atoms with van der Waals surface area (Å²) in [6.07, 6.45) is 15.4. The number of fused-ring (bicyclic) bond motifs is 1. The Morgan fingerprint density at radius 2 is 1.83 bits per heavy atom. The van der Waals surface area contributed by atoms with Crippen LogP contribution in [0.25, 0.3) is 0 Å². The van der Waals surface area contributed by atoms with Gasteiger partial charge in [0.05, 0.1) is 23.9 Å². The summed E-state index contributed by atoms with van der Waals surface area (Å²) < 4.78 is 0. The van der Waals surface area contributed by atoms with E-state index in [0.29, 0.717) is 41.9 Å². The van der Waals surface area contributed by atoms with Crippen LogP contribution in [0, 0.1) is 29.1 Å². The fourth-order valence-corrected chi connectivity index (χ4v) is 7.58. The van der Waals surface area contributed by atoms with Crippen LogP contribution in [-0.4, -0.2) is 44.3 Å². The molecule has 0 radical (unpaired) electrons. The molecule has 0 heterocycles. The van der Waals surface area contributed by atoms with Crippen LogP contribution in [0.2, 0.25) is 0 Å². The van der Waals surface area contributed by atoms with Crippen molar-refractivity contribution < 1.29 is 20.4 Å². The molecule has 4 N–H and O–H groups in total. The zero-order chi connectivity index (χ0) is 26.7. The van der Waals surface area contributed by atoms with Gasteiger partial charge in [-0.05, 0) is 119 Å². The van der Waals surface area contributed by atoms with Crippen LogP contribution in [0.4, 0.5) is 0 Å². The van der Waals surface area contributed by atoms with Gasteiger partial charge in [-0.25, -0.2) is 0 Å². The molecule has 0 saturated heterocycles. The second-order valence-electron chi connectivity index (χ2n) is 13.4. The molecule has 0 aromatic carbocycles. The fraction of sp³-hybridized carbons (Fsp3) is 0.812. The Kier molecular flexibility index (Phi) is 10.1. The molecule has 206 valence electrons. The highest BCUT2D eigenvalue weighted by Crippen LogP contribution is 2.60. The highest BCUT2D eigenvalue weighted by molar-refractivity contribution is 5.38. The predicted octanol–water partition coefficient (Wildman–Crippen LogP) is 6.48. The molecule has 0 aromatic heterocycles. The molecule has 3 saturated carbocycles. The minimum absolute atomic E-state index is 0.266. The van der Waals surface area contributed by atoms with E-state index in [0.717, 1.165) is 49.7 Å². The molecule has 0 spiro atoms. The van der Waals surface area contributed by atoms with Gasteiger partial charge in [-0.3, -0.25) is 0 Å². The minimum Gasteiger partial charge on any atom is -0.393 e. The third kappa shape index (κ3) is 7.34. The molecule has 4 nitrogen and oxygen atoms in total. The molecule has 0 aromatic rings. The lowest BCUT2D eigenvalue weighted by Crippen LogP contribution is -2.37. The summed E-state index contributed by atoms with van der Waals surface area (Å²) in [4.78, 5) is 0. The zero-order valence-corrected chi connectivity index (χ0v) is 23.7. The first-order chi connectivity index (χ1) is 16.8. The summed E-state index contributed by atoms with van der Waals surface area (Å²) in [5.74, 6) is 2.21. The van der Waals surface area contributed by atoms with Crippen molar-refractivity contribution in [3.8, 4) is 0 Å². The van der Waals surface area contributed by atoms with E-state index in [-0.39, 0.29) is 6.10 Å². The quantitative estimate of drug-likeness (QED) is 0.275. The lowest BCUT2D eigenvalue weighted by Gasteiger charge is -2.45. The number of hydrogen-bond acceptors (Lipinski definition) is 4. The Morgan fingerprint density at radius 1 is 1.11 bits per heavy atom. The van der Waals surface area contributed by atoms with E-state index >= 15 is 0 Å². The Balaban J connectivity index is 1.78. The molecule has 5 unspecified atom stereocenters. The van der Waals surface area contributed by atoms with Gasteiger partial charge in [-0.2, -0.15) is 0 Å². The monoisotopic (exact) mass is 502 g/mol. The van der Waals surface area contributed by atoms with Crippen molar-refractivity contribution in [3.05, 3.63) is 35.5 Å². The van der Waals surface area contributed by atoms with Crippen LogP contribution in [0.15, 0.2) is 35.5 Å². The van der Waals surface area contributed by atoms with Crippen molar-refractivity contribution in [1.82, 2.24) is 0 Å². The van der Waals surface area contributed by atoms with E-state index in [1.165, 1.54) is 31.3 Å². The van der Waals surface area contributed by atoms with E-state index in [1.807, 2.05) is 20.8 Å². The largest absolute Gasteiger partial charge is 0.393 e. The maximum absolute atomic E-state index is 10.3. The summed E-state index contributed by atoms with van der Waals surface area (Å²) in [5.41, 5.74) is 2.97. The van der Waals surface area contributed by atoms with E-state index in [9.17, 15) is 20.4 Å².